The summed E-state index contributed by atoms with van der Waals surface area (Å²) in [6, 6.07) is 6.53. The minimum atomic E-state index is -0.979. The zero-order valence-electron chi connectivity index (χ0n) is 10.8. The second kappa shape index (κ2) is 5.06. The summed E-state index contributed by atoms with van der Waals surface area (Å²) in [6.45, 7) is 3.83. The molecule has 0 aliphatic carbocycles. The summed E-state index contributed by atoms with van der Waals surface area (Å²) in [7, 11) is 0. The molecule has 1 N–H and O–H groups in total. The number of benzene rings is 1. The molecule has 1 heterocycles. The fraction of sp³-hybridized carbons (Fsp3) is 0.214. The van der Waals surface area contributed by atoms with Crippen LogP contribution in [0.3, 0.4) is 0 Å². The van der Waals surface area contributed by atoms with Gasteiger partial charge < -0.3 is 5.11 Å². The van der Waals surface area contributed by atoms with E-state index >= 15 is 0 Å². The van der Waals surface area contributed by atoms with Crippen LogP contribution in [0, 0.1) is 13.8 Å². The van der Waals surface area contributed by atoms with Gasteiger partial charge in [-0.1, -0.05) is 12.1 Å². The molecule has 0 aliphatic heterocycles. The van der Waals surface area contributed by atoms with Crippen LogP contribution in [-0.2, 0) is 6.54 Å². The second-order valence-corrected chi connectivity index (χ2v) is 4.39. The molecule has 5 nitrogen and oxygen atoms in total. The number of aryl methyl sites for hydroxylation is 1. The first-order valence-corrected chi connectivity index (χ1v) is 5.84. The Morgan fingerprint density at radius 2 is 2.11 bits per heavy atom. The lowest BCUT2D eigenvalue weighted by Gasteiger charge is -2.08. The van der Waals surface area contributed by atoms with E-state index < -0.39 is 5.97 Å². The van der Waals surface area contributed by atoms with Crippen molar-refractivity contribution in [2.45, 2.75) is 20.4 Å². The maximum absolute atomic E-state index is 12.0. The number of aromatic nitrogens is 2. The largest absolute Gasteiger partial charge is 0.478 e. The quantitative estimate of drug-likeness (QED) is 0.907. The highest BCUT2D eigenvalue weighted by Gasteiger charge is 2.06. The molecule has 0 saturated heterocycles. The Bertz CT molecular complexity index is 689. The molecule has 0 unspecified atom stereocenters. The average molecular weight is 258 g/mol. The van der Waals surface area contributed by atoms with Gasteiger partial charge in [0.1, 0.15) is 0 Å². The van der Waals surface area contributed by atoms with Crippen LogP contribution < -0.4 is 5.56 Å². The van der Waals surface area contributed by atoms with Crippen molar-refractivity contribution >= 4 is 5.97 Å². The van der Waals surface area contributed by atoms with Crippen molar-refractivity contribution in [3.8, 4) is 0 Å². The molecule has 0 aliphatic rings. The van der Waals surface area contributed by atoms with E-state index in [0.717, 1.165) is 5.56 Å². The van der Waals surface area contributed by atoms with Gasteiger partial charge in [-0.3, -0.25) is 9.36 Å². The van der Waals surface area contributed by atoms with Crippen molar-refractivity contribution in [2.75, 3.05) is 0 Å². The Balaban J connectivity index is 2.37. The van der Waals surface area contributed by atoms with Crippen molar-refractivity contribution in [3.05, 3.63) is 63.3 Å². The number of hydrogen-bond acceptors (Lipinski definition) is 3. The Kier molecular flexibility index (Phi) is 3.46. The summed E-state index contributed by atoms with van der Waals surface area (Å²) >= 11 is 0. The lowest BCUT2D eigenvalue weighted by molar-refractivity contribution is 0.0696. The zero-order valence-corrected chi connectivity index (χ0v) is 10.8. The Labute approximate surface area is 110 Å². The molecule has 2 rings (SSSR count). The molecular formula is C14H14N2O3. The Morgan fingerprint density at radius 3 is 2.79 bits per heavy atom. The summed E-state index contributed by atoms with van der Waals surface area (Å²) in [5, 5.41) is 8.93. The maximum atomic E-state index is 12.0. The highest BCUT2D eigenvalue weighted by molar-refractivity contribution is 5.87. The molecule has 98 valence electrons. The number of carboxylic acid groups (broad SMARTS) is 1. The van der Waals surface area contributed by atoms with Crippen LogP contribution in [0.1, 0.15) is 27.2 Å². The zero-order chi connectivity index (χ0) is 14.0. The molecule has 0 radical (unpaired) electrons. The van der Waals surface area contributed by atoms with Crippen LogP contribution in [-0.4, -0.2) is 20.6 Å². The van der Waals surface area contributed by atoms with Crippen molar-refractivity contribution in [3.63, 3.8) is 0 Å². The molecule has 0 fully saturated rings. The lowest BCUT2D eigenvalue weighted by atomic mass is 10.1. The van der Waals surface area contributed by atoms with E-state index in [1.165, 1.54) is 17.0 Å². The molecule has 1 aromatic carbocycles. The SMILES string of the molecule is Cc1ncn(Cc2cccc(C(=O)O)c2)c(=O)c1C. The minimum Gasteiger partial charge on any atom is -0.478 e. The molecule has 19 heavy (non-hydrogen) atoms. The van der Waals surface area contributed by atoms with Gasteiger partial charge in [0.15, 0.2) is 0 Å². The molecule has 0 atom stereocenters. The second-order valence-electron chi connectivity index (χ2n) is 4.39. The summed E-state index contributed by atoms with van der Waals surface area (Å²) in [4.78, 5) is 27.0. The molecule has 1 aromatic heterocycles. The molecule has 0 saturated carbocycles. The molecule has 0 amide bonds. The minimum absolute atomic E-state index is 0.103. The van der Waals surface area contributed by atoms with Gasteiger partial charge in [-0.2, -0.15) is 0 Å². The Morgan fingerprint density at radius 1 is 1.37 bits per heavy atom. The van der Waals surface area contributed by atoms with Gasteiger partial charge in [-0.15, -0.1) is 0 Å². The van der Waals surface area contributed by atoms with Crippen LogP contribution in [0.15, 0.2) is 35.4 Å². The molecule has 2 aromatic rings. The number of aromatic carboxylic acids is 1. The van der Waals surface area contributed by atoms with E-state index in [9.17, 15) is 9.59 Å². The van der Waals surface area contributed by atoms with Gasteiger partial charge in [-0.05, 0) is 31.5 Å². The van der Waals surface area contributed by atoms with Crippen LogP contribution in [0.25, 0.3) is 0 Å². The van der Waals surface area contributed by atoms with Crippen LogP contribution >= 0.6 is 0 Å². The van der Waals surface area contributed by atoms with Crippen molar-refractivity contribution in [1.29, 1.82) is 0 Å². The molecular weight excluding hydrogens is 244 g/mol. The highest BCUT2D eigenvalue weighted by Crippen LogP contribution is 2.07. The van der Waals surface area contributed by atoms with Gasteiger partial charge in [0.2, 0.25) is 0 Å². The normalized spacial score (nSPS) is 10.4. The van der Waals surface area contributed by atoms with Gasteiger partial charge in [0.05, 0.1) is 18.4 Å². The van der Waals surface area contributed by atoms with E-state index in [4.69, 9.17) is 5.11 Å². The number of carboxylic acids is 1. The van der Waals surface area contributed by atoms with E-state index in [1.807, 2.05) is 0 Å². The molecule has 5 heteroatoms. The van der Waals surface area contributed by atoms with Crippen molar-refractivity contribution < 1.29 is 9.90 Å². The monoisotopic (exact) mass is 258 g/mol. The molecule has 0 bridgehead atoms. The summed E-state index contributed by atoms with van der Waals surface area (Å²) in [5.41, 5.74) is 2.18. The van der Waals surface area contributed by atoms with Crippen LogP contribution in [0.5, 0.6) is 0 Å². The predicted octanol–water partition coefficient (Wildman–Crippen LogP) is 1.61. The van der Waals surface area contributed by atoms with Gasteiger partial charge >= 0.3 is 5.97 Å². The van der Waals surface area contributed by atoms with Crippen molar-refractivity contribution in [2.24, 2.45) is 0 Å². The van der Waals surface area contributed by atoms with Gasteiger partial charge in [0, 0.05) is 11.3 Å². The van der Waals surface area contributed by atoms with E-state index in [0.29, 0.717) is 17.8 Å². The van der Waals surface area contributed by atoms with Gasteiger partial charge in [0.25, 0.3) is 5.56 Å². The average Bonchev–Trinajstić information content (AvgIpc) is 2.40. The first kappa shape index (κ1) is 13.0. The molecule has 0 spiro atoms. The number of hydrogen-bond donors (Lipinski definition) is 1. The highest BCUT2D eigenvalue weighted by atomic mass is 16.4. The van der Waals surface area contributed by atoms with Gasteiger partial charge in [-0.25, -0.2) is 9.78 Å². The summed E-state index contributed by atoms with van der Waals surface area (Å²) in [6.07, 6.45) is 1.48. The smallest absolute Gasteiger partial charge is 0.335 e. The third kappa shape index (κ3) is 2.70. The predicted molar refractivity (Wildman–Crippen MR) is 70.5 cm³/mol. The standard InChI is InChI=1S/C14H14N2O3/c1-9-10(2)15-8-16(13(9)17)7-11-4-3-5-12(6-11)14(18)19/h3-6,8H,7H2,1-2H3,(H,18,19). The first-order valence-electron chi connectivity index (χ1n) is 5.84. The number of carbonyl (C=O) groups is 1. The van der Waals surface area contributed by atoms with Crippen molar-refractivity contribution in [1.82, 2.24) is 9.55 Å². The summed E-state index contributed by atoms with van der Waals surface area (Å²) < 4.78 is 1.48. The fourth-order valence-corrected chi connectivity index (χ4v) is 1.79. The first-order chi connectivity index (χ1) is 8.99. The topological polar surface area (TPSA) is 72.2 Å². The maximum Gasteiger partial charge on any atom is 0.335 e. The van der Waals surface area contributed by atoms with Crippen LogP contribution in [0.4, 0.5) is 0 Å². The third-order valence-electron chi connectivity index (χ3n) is 3.04. The third-order valence-corrected chi connectivity index (χ3v) is 3.04. The fourth-order valence-electron chi connectivity index (χ4n) is 1.79. The van der Waals surface area contributed by atoms with E-state index in [1.54, 1.807) is 32.0 Å². The number of nitrogens with zero attached hydrogens (tertiary/aromatic N) is 2. The van der Waals surface area contributed by atoms with E-state index in [2.05, 4.69) is 4.98 Å². The summed E-state index contributed by atoms with van der Waals surface area (Å²) in [5.74, 6) is -0.979. The number of rotatable bonds is 3. The lowest BCUT2D eigenvalue weighted by Crippen LogP contribution is -2.24. The Hall–Kier alpha value is -2.43. The van der Waals surface area contributed by atoms with Crippen LogP contribution in [0.2, 0.25) is 0 Å². The van der Waals surface area contributed by atoms with E-state index in [-0.39, 0.29) is 11.1 Å².